The molecule has 12 rings (SSSR count). The Hall–Kier alpha value is -7.42. The summed E-state index contributed by atoms with van der Waals surface area (Å²) < 4.78 is 110. The molecule has 32 heteroatoms. The molecular weight excluding hydrogens is 1490 g/mol. The number of halogens is 11. The first-order valence-corrected chi connectivity index (χ1v) is 33.9. The van der Waals surface area contributed by atoms with E-state index in [-0.39, 0.29) is 133 Å². The van der Waals surface area contributed by atoms with Crippen molar-refractivity contribution in [1.82, 2.24) is 43.0 Å². The number of benzene rings is 6. The fourth-order valence-corrected chi connectivity index (χ4v) is 14.5. The van der Waals surface area contributed by atoms with Gasteiger partial charge < -0.3 is 30.1 Å². The summed E-state index contributed by atoms with van der Waals surface area (Å²) >= 11 is 34.5. The zero-order valence-corrected chi connectivity index (χ0v) is 59.4. The van der Waals surface area contributed by atoms with Crippen LogP contribution in [0.3, 0.4) is 0 Å². The Morgan fingerprint density at radius 3 is 1.18 bits per heavy atom. The number of ether oxygens (including phenoxy) is 2. The van der Waals surface area contributed by atoms with E-state index < -0.39 is 58.4 Å². The molecule has 0 saturated heterocycles. The van der Waals surface area contributed by atoms with Gasteiger partial charge in [-0.3, -0.25) is 23.2 Å². The van der Waals surface area contributed by atoms with E-state index in [1.165, 1.54) is 63.7 Å². The number of carboxylic acids is 1. The van der Waals surface area contributed by atoms with Gasteiger partial charge in [0.15, 0.2) is 34.9 Å². The van der Waals surface area contributed by atoms with E-state index in [2.05, 4.69) is 15.3 Å². The third-order valence-corrected chi connectivity index (χ3v) is 19.6. The maximum atomic E-state index is 15.2. The number of rotatable bonds is 20. The molecule has 0 spiro atoms. The van der Waals surface area contributed by atoms with E-state index in [0.717, 1.165) is 61.1 Å². The van der Waals surface area contributed by atoms with Gasteiger partial charge in [0.1, 0.15) is 10.3 Å². The van der Waals surface area contributed by atoms with Crippen molar-refractivity contribution >= 4 is 144 Å². The number of carbonyl (C=O) groups excluding carboxylic acids is 2. The molecule has 0 aliphatic rings. The number of aryl methyl sites for hydroxylation is 3. The number of esters is 2. The van der Waals surface area contributed by atoms with Crippen molar-refractivity contribution in [1.29, 1.82) is 0 Å². The molecule has 4 N–H and O–H groups in total. The summed E-state index contributed by atoms with van der Waals surface area (Å²) in [6.07, 6.45) is 14.5. The molecule has 0 radical (unpaired) electrons. The van der Waals surface area contributed by atoms with E-state index in [1.807, 2.05) is 27.0 Å². The molecule has 0 bridgehead atoms. The van der Waals surface area contributed by atoms with Gasteiger partial charge in [-0.05, 0) is 106 Å². The molecule has 12 aromatic rings. The minimum Gasteiger partial charge on any atom is -0.870 e. The quantitative estimate of drug-likeness (QED) is 0.0427. The van der Waals surface area contributed by atoms with Crippen LogP contribution in [-0.2, 0) is 29.1 Å². The van der Waals surface area contributed by atoms with Gasteiger partial charge in [0.2, 0.25) is 0 Å². The molecule has 6 heterocycles. The smallest absolute Gasteiger partial charge is 0.870 e. The second-order valence-electron chi connectivity index (χ2n) is 20.8. The second kappa shape index (κ2) is 38.4. The maximum absolute atomic E-state index is 15.2. The van der Waals surface area contributed by atoms with Crippen LogP contribution in [0.5, 0.6) is 0 Å². The van der Waals surface area contributed by atoms with E-state index >= 15 is 22.0 Å². The standard InChI is InChI=1S/C23H19Cl2F2N3O2S.C23H20ClF2N3O2S.C21H15Cl2F2N3O2S.3CH4.Li.2H2O/c1-3-10-29-12-13(11-28-29)30-20-15(8-9-16(24)19(20)27)21(22(30)25)33-17-7-5-6-14(18(17)26)23(31)32-4-2;1-3-10-28-12-14(11-27-28)29-13-19(15-8-9-17(24)21(26)22(15)29)32-18-7-5-6-16(20(18)25)23(30)31-4-2;1-2-8-27-10-11(9-26-27)28-18-13(6-7-14(22)17(18)25)19(20(28)23)31-15-5-3-4-12(16(15)24)21(29)30;;;;;;/h5-9,11-12H,3-4,10H2,1-2H3;5-9,11-13H,3-4,10H2,1-2H3;3-7,9-10H,2,8H2,1H3,(H,29,30);3*1H4;;2*1H2/q;;;;;;+1;;/p-1. The van der Waals surface area contributed by atoms with Crippen LogP contribution in [0.25, 0.3) is 49.8 Å². The number of aromatic nitrogens is 9. The van der Waals surface area contributed by atoms with Gasteiger partial charge in [-0.1, -0.05) is 155 Å². The van der Waals surface area contributed by atoms with Gasteiger partial charge in [-0.25, -0.2) is 40.7 Å². The molecule has 6 aromatic heterocycles. The number of nitrogens with zero attached hydrogens (tertiary/aromatic N) is 9. The topological polar surface area (TPSA) is 220 Å². The minimum absolute atomic E-state index is 0. The van der Waals surface area contributed by atoms with Crippen LogP contribution in [0.4, 0.5) is 26.3 Å². The molecule has 102 heavy (non-hydrogen) atoms. The number of fused-ring (bicyclic) bond motifs is 3. The zero-order valence-electron chi connectivity index (χ0n) is 53.2. The largest absolute Gasteiger partial charge is 1.00 e. The number of carboxylic acid groups (broad SMARTS) is 1. The Labute approximate surface area is 634 Å². The summed E-state index contributed by atoms with van der Waals surface area (Å²) in [6.45, 7) is 11.7. The summed E-state index contributed by atoms with van der Waals surface area (Å²) in [6, 6.07) is 22.2. The van der Waals surface area contributed by atoms with Gasteiger partial charge in [0.25, 0.3) is 0 Å². The molecule has 6 aromatic carbocycles. The number of aromatic carboxylic acids is 1. The van der Waals surface area contributed by atoms with E-state index in [0.29, 0.717) is 61.0 Å². The van der Waals surface area contributed by atoms with Crippen molar-refractivity contribution in [2.45, 2.75) is 125 Å². The van der Waals surface area contributed by atoms with Gasteiger partial charge in [0, 0.05) is 80.2 Å². The van der Waals surface area contributed by atoms with E-state index in [1.54, 1.807) is 106 Å². The first kappa shape index (κ1) is 87.0. The molecular formula is C70H69Cl5F6LiN9O8S3. The average Bonchev–Trinajstić information content (AvgIpc) is 1.60. The van der Waals surface area contributed by atoms with E-state index in [4.69, 9.17) is 67.5 Å². The Kier molecular flexibility index (Phi) is 32.7. The predicted octanol–water partition coefficient (Wildman–Crippen LogP) is 18.2. The van der Waals surface area contributed by atoms with Gasteiger partial charge in [-0.2, -0.15) is 15.3 Å². The average molecular weight is 1560 g/mol. The van der Waals surface area contributed by atoms with Gasteiger partial charge in [-0.15, -0.1) is 0 Å². The molecule has 0 unspecified atom stereocenters. The Morgan fingerprint density at radius 2 is 0.794 bits per heavy atom. The second-order valence-corrected chi connectivity index (χ2v) is 26.0. The summed E-state index contributed by atoms with van der Waals surface area (Å²) in [4.78, 5) is 37.3. The van der Waals surface area contributed by atoms with Gasteiger partial charge in [0.05, 0.1) is 107 Å². The first-order chi connectivity index (χ1) is 46.1. The Morgan fingerprint density at radius 1 is 0.451 bits per heavy atom. The third-order valence-electron chi connectivity index (χ3n) is 14.4. The zero-order chi connectivity index (χ0) is 68.8. The van der Waals surface area contributed by atoms with Crippen LogP contribution >= 0.6 is 93.3 Å². The number of hydrogen-bond donors (Lipinski definition) is 1. The third kappa shape index (κ3) is 18.0. The molecule has 0 aliphatic heterocycles. The van der Waals surface area contributed by atoms with E-state index in [9.17, 15) is 23.9 Å². The van der Waals surface area contributed by atoms with Crippen LogP contribution in [0, 0.1) is 34.9 Å². The molecule has 538 valence electrons. The number of hydrogen-bond acceptors (Lipinski definition) is 12. The predicted molar refractivity (Wildman–Crippen MR) is 389 cm³/mol. The van der Waals surface area contributed by atoms with Crippen LogP contribution in [0.1, 0.15) is 107 Å². The molecule has 0 atom stereocenters. The first-order valence-electron chi connectivity index (χ1n) is 29.5. The summed E-state index contributed by atoms with van der Waals surface area (Å²) in [5, 5.41) is 23.7. The Bertz CT molecular complexity index is 4960. The van der Waals surface area contributed by atoms with Crippen molar-refractivity contribution in [3.8, 4) is 17.1 Å². The Balaban J connectivity index is 0.000000315. The summed E-state index contributed by atoms with van der Waals surface area (Å²) in [7, 11) is 0. The molecule has 0 fully saturated rings. The van der Waals surface area contributed by atoms with Crippen molar-refractivity contribution in [3.05, 3.63) is 211 Å². The van der Waals surface area contributed by atoms with Crippen LogP contribution in [0.2, 0.25) is 25.4 Å². The summed E-state index contributed by atoms with van der Waals surface area (Å²) in [5.41, 5.74) is 1.52. The van der Waals surface area contributed by atoms with Crippen molar-refractivity contribution in [2.24, 2.45) is 0 Å². The van der Waals surface area contributed by atoms with Crippen LogP contribution in [-0.4, -0.2) is 90.2 Å². The normalized spacial score (nSPS) is 10.7. The van der Waals surface area contributed by atoms with Crippen LogP contribution in [0.15, 0.2) is 164 Å². The number of carbonyl (C=O) groups is 3. The minimum atomic E-state index is -1.38. The molecule has 0 saturated carbocycles. The maximum Gasteiger partial charge on any atom is 1.00 e. The fraction of sp³-hybridized carbons (Fsp3) is 0.229. The molecule has 17 nitrogen and oxygen atoms in total. The van der Waals surface area contributed by atoms with Crippen LogP contribution < -0.4 is 18.9 Å². The monoisotopic (exact) mass is 1560 g/mol. The molecule has 0 aliphatic carbocycles. The van der Waals surface area contributed by atoms with Gasteiger partial charge >= 0.3 is 36.8 Å². The van der Waals surface area contributed by atoms with Crippen molar-refractivity contribution in [3.63, 3.8) is 0 Å². The SMILES string of the molecule is C.C.C.CCCn1cc(-n2c(Cl)c(Sc3cccc(C(=O)O)c3F)c3ccc(Cl)c(F)c32)cn1.CCCn1cc(-n2c(Cl)c(Sc3cccc(C(=O)OCC)c3F)c3ccc(Cl)c(F)c32)cn1.CCCn1cc(-n2cc(Sc3cccc(C(=O)OCC)c3F)c3ccc(Cl)c(F)c32)cn1.O.[Li+].[OH-]. The molecule has 0 amide bonds. The van der Waals surface area contributed by atoms with Crippen molar-refractivity contribution in [2.75, 3.05) is 13.2 Å². The summed E-state index contributed by atoms with van der Waals surface area (Å²) in [5.74, 6) is -7.05. The van der Waals surface area contributed by atoms with Crippen molar-refractivity contribution < 1.29 is 85.1 Å². The fourth-order valence-electron chi connectivity index (χ4n) is 10.2.